The number of sulfone groups is 1. The maximum absolute atomic E-state index is 12.0. The number of nitrogens with zero attached hydrogens (tertiary/aromatic N) is 2. The van der Waals surface area contributed by atoms with Gasteiger partial charge in [0, 0.05) is 38.9 Å². The molecule has 1 aliphatic rings. The van der Waals surface area contributed by atoms with E-state index < -0.39 is 9.84 Å². The molecule has 1 aromatic carbocycles. The van der Waals surface area contributed by atoms with Gasteiger partial charge in [0.05, 0.1) is 12.3 Å². The average Bonchev–Trinajstić information content (AvgIpc) is 2.87. The molecule has 1 saturated heterocycles. The number of guanidine groups is 1. The summed E-state index contributed by atoms with van der Waals surface area (Å²) in [4.78, 5) is 18.6. The van der Waals surface area contributed by atoms with E-state index in [1.165, 1.54) is 6.26 Å². The van der Waals surface area contributed by atoms with Crippen LogP contribution in [0, 0.1) is 0 Å². The summed E-state index contributed by atoms with van der Waals surface area (Å²) < 4.78 is 22.7. The van der Waals surface area contributed by atoms with Gasteiger partial charge in [-0.3, -0.25) is 4.79 Å². The van der Waals surface area contributed by atoms with E-state index in [0.717, 1.165) is 68.9 Å². The maximum Gasteiger partial charge on any atom is 0.222 e. The van der Waals surface area contributed by atoms with Crippen molar-refractivity contribution in [3.05, 3.63) is 35.4 Å². The van der Waals surface area contributed by atoms with Crippen LogP contribution in [-0.4, -0.2) is 57.6 Å². The Bertz CT molecular complexity index is 776. The Morgan fingerprint density at radius 3 is 2.52 bits per heavy atom. The topological polar surface area (TPSA) is 90.9 Å². The first kappa shape index (κ1) is 23.2. The van der Waals surface area contributed by atoms with Gasteiger partial charge in [-0.15, -0.1) is 0 Å². The van der Waals surface area contributed by atoms with Crippen LogP contribution in [0.3, 0.4) is 0 Å². The van der Waals surface area contributed by atoms with E-state index in [4.69, 9.17) is 0 Å². The summed E-state index contributed by atoms with van der Waals surface area (Å²) in [7, 11) is -3.02. The van der Waals surface area contributed by atoms with E-state index in [1.54, 1.807) is 0 Å². The molecule has 1 aromatic rings. The van der Waals surface area contributed by atoms with Crippen LogP contribution in [0.15, 0.2) is 29.3 Å². The van der Waals surface area contributed by atoms with Crippen molar-refractivity contribution in [3.8, 4) is 0 Å². The zero-order chi connectivity index (χ0) is 21.1. The predicted molar refractivity (Wildman–Crippen MR) is 117 cm³/mol. The fourth-order valence-electron chi connectivity index (χ4n) is 3.31. The lowest BCUT2D eigenvalue weighted by atomic mass is 10.1. The third-order valence-corrected chi connectivity index (χ3v) is 5.64. The number of benzene rings is 1. The van der Waals surface area contributed by atoms with Gasteiger partial charge in [0.1, 0.15) is 0 Å². The van der Waals surface area contributed by atoms with E-state index in [9.17, 15) is 13.2 Å². The molecule has 0 saturated carbocycles. The predicted octanol–water partition coefficient (Wildman–Crippen LogP) is 2.08. The van der Waals surface area contributed by atoms with Crippen molar-refractivity contribution in [1.29, 1.82) is 0 Å². The molecule has 0 spiro atoms. The van der Waals surface area contributed by atoms with Gasteiger partial charge in [0.15, 0.2) is 15.8 Å². The molecule has 1 fully saturated rings. The Balaban J connectivity index is 1.80. The first-order valence-corrected chi connectivity index (χ1v) is 12.5. The molecular formula is C21H34N4O3S. The Hall–Kier alpha value is -2.09. The van der Waals surface area contributed by atoms with Crippen LogP contribution in [0.5, 0.6) is 0 Å². The van der Waals surface area contributed by atoms with Crippen molar-refractivity contribution in [2.45, 2.75) is 51.3 Å². The fraction of sp³-hybridized carbons (Fsp3) is 0.619. The van der Waals surface area contributed by atoms with Crippen LogP contribution in [0.1, 0.15) is 50.2 Å². The molecule has 0 atom stereocenters. The van der Waals surface area contributed by atoms with Gasteiger partial charge in [-0.2, -0.15) is 0 Å². The van der Waals surface area contributed by atoms with Gasteiger partial charge < -0.3 is 15.5 Å². The van der Waals surface area contributed by atoms with Crippen molar-refractivity contribution in [2.24, 2.45) is 4.99 Å². The molecule has 1 aliphatic heterocycles. The fourth-order valence-corrected chi connectivity index (χ4v) is 4.11. The molecule has 0 bridgehead atoms. The molecule has 1 heterocycles. The molecule has 0 radical (unpaired) electrons. The van der Waals surface area contributed by atoms with Crippen molar-refractivity contribution < 1.29 is 13.2 Å². The number of hydrogen-bond donors (Lipinski definition) is 2. The van der Waals surface area contributed by atoms with Crippen LogP contribution < -0.4 is 10.6 Å². The normalized spacial score (nSPS) is 15.9. The smallest absolute Gasteiger partial charge is 0.222 e. The zero-order valence-corrected chi connectivity index (χ0v) is 18.4. The molecule has 8 heteroatoms. The highest BCUT2D eigenvalue weighted by molar-refractivity contribution is 7.89. The largest absolute Gasteiger partial charge is 0.357 e. The molecule has 0 unspecified atom stereocenters. The van der Waals surface area contributed by atoms with Crippen LogP contribution in [-0.2, 0) is 26.9 Å². The van der Waals surface area contributed by atoms with Crippen molar-refractivity contribution in [3.63, 3.8) is 0 Å². The minimum Gasteiger partial charge on any atom is -0.357 e. The van der Waals surface area contributed by atoms with Gasteiger partial charge in [0.25, 0.3) is 0 Å². The number of amides is 1. The maximum atomic E-state index is 12.0. The molecule has 0 aromatic heterocycles. The molecule has 162 valence electrons. The van der Waals surface area contributed by atoms with Gasteiger partial charge in [-0.1, -0.05) is 30.7 Å². The van der Waals surface area contributed by atoms with Gasteiger partial charge in [0.2, 0.25) is 5.91 Å². The van der Waals surface area contributed by atoms with E-state index >= 15 is 0 Å². The van der Waals surface area contributed by atoms with E-state index in [1.807, 2.05) is 36.1 Å². The number of likely N-dealkylation sites (tertiary alicyclic amines) is 1. The van der Waals surface area contributed by atoms with Crippen molar-refractivity contribution in [2.75, 3.05) is 32.4 Å². The van der Waals surface area contributed by atoms with Crippen LogP contribution in [0.2, 0.25) is 0 Å². The lowest BCUT2D eigenvalue weighted by Gasteiger charge is -2.20. The monoisotopic (exact) mass is 422 g/mol. The Kier molecular flexibility index (Phi) is 9.44. The molecule has 2 rings (SSSR count). The second kappa shape index (κ2) is 11.8. The highest BCUT2D eigenvalue weighted by Crippen LogP contribution is 2.11. The Labute approximate surface area is 174 Å². The second-order valence-corrected chi connectivity index (χ2v) is 9.69. The lowest BCUT2D eigenvalue weighted by Crippen LogP contribution is -2.39. The van der Waals surface area contributed by atoms with Crippen LogP contribution in [0.4, 0.5) is 0 Å². The first-order chi connectivity index (χ1) is 13.9. The zero-order valence-electron chi connectivity index (χ0n) is 17.6. The molecule has 29 heavy (non-hydrogen) atoms. The summed E-state index contributed by atoms with van der Waals surface area (Å²) in [6.07, 6.45) is 6.07. The second-order valence-electron chi connectivity index (χ2n) is 7.55. The summed E-state index contributed by atoms with van der Waals surface area (Å²) >= 11 is 0. The summed E-state index contributed by atoms with van der Waals surface area (Å²) in [5.41, 5.74) is 1.81. The molecule has 0 aliphatic carbocycles. The van der Waals surface area contributed by atoms with E-state index in [0.29, 0.717) is 13.0 Å². The number of carbonyl (C=O) groups is 1. The minimum absolute atomic E-state index is 0.0558. The third-order valence-electron chi connectivity index (χ3n) is 4.78. The highest BCUT2D eigenvalue weighted by atomic mass is 32.2. The van der Waals surface area contributed by atoms with Gasteiger partial charge in [-0.05, 0) is 37.3 Å². The van der Waals surface area contributed by atoms with Crippen molar-refractivity contribution >= 4 is 21.7 Å². The minimum atomic E-state index is -3.02. The SMILES string of the molecule is CCNC(=NCc1ccc(CS(C)(=O)=O)cc1)NCCCN1CCCCCC1=O. The number of carbonyl (C=O) groups excluding carboxylic acids is 1. The van der Waals surface area contributed by atoms with Crippen LogP contribution in [0.25, 0.3) is 0 Å². The van der Waals surface area contributed by atoms with Gasteiger partial charge in [-0.25, -0.2) is 13.4 Å². The summed E-state index contributed by atoms with van der Waals surface area (Å²) in [6.45, 7) is 5.72. The summed E-state index contributed by atoms with van der Waals surface area (Å²) in [5.74, 6) is 1.08. The van der Waals surface area contributed by atoms with E-state index in [2.05, 4.69) is 15.6 Å². The quantitative estimate of drug-likeness (QED) is 0.361. The standard InChI is InChI=1S/C21H34N4O3S/c1-3-22-21(23-13-7-15-25-14-6-4-5-8-20(25)26)24-16-18-9-11-19(12-10-18)17-29(2,27)28/h9-12H,3-8,13-17H2,1-2H3,(H2,22,23,24). The Morgan fingerprint density at radius 2 is 1.83 bits per heavy atom. The number of rotatable bonds is 9. The molecular weight excluding hydrogens is 388 g/mol. The lowest BCUT2D eigenvalue weighted by molar-refractivity contribution is -0.130. The third kappa shape index (κ3) is 9.30. The molecule has 7 nitrogen and oxygen atoms in total. The number of nitrogens with one attached hydrogen (secondary N) is 2. The average molecular weight is 423 g/mol. The molecule has 2 N–H and O–H groups in total. The highest BCUT2D eigenvalue weighted by Gasteiger charge is 2.15. The summed E-state index contributed by atoms with van der Waals surface area (Å²) in [6, 6.07) is 7.51. The number of aliphatic imine (C=N–C) groups is 1. The summed E-state index contributed by atoms with van der Waals surface area (Å²) in [5, 5.41) is 6.56. The van der Waals surface area contributed by atoms with Crippen molar-refractivity contribution in [1.82, 2.24) is 15.5 Å². The van der Waals surface area contributed by atoms with E-state index in [-0.39, 0.29) is 11.7 Å². The Morgan fingerprint density at radius 1 is 1.10 bits per heavy atom. The number of hydrogen-bond acceptors (Lipinski definition) is 4. The first-order valence-electron chi connectivity index (χ1n) is 10.4. The van der Waals surface area contributed by atoms with Gasteiger partial charge >= 0.3 is 0 Å². The molecule has 1 amide bonds. The van der Waals surface area contributed by atoms with Crippen LogP contribution >= 0.6 is 0 Å².